The van der Waals surface area contributed by atoms with Crippen LogP contribution in [0.4, 0.5) is 0 Å². The molecule has 0 amide bonds. The second kappa shape index (κ2) is 5.59. The van der Waals surface area contributed by atoms with E-state index in [-0.39, 0.29) is 0 Å². The predicted molar refractivity (Wildman–Crippen MR) is 110 cm³/mol. The molecule has 1 aliphatic rings. The number of rotatable bonds is 2. The number of hydrogen-bond acceptors (Lipinski definition) is 1. The molecule has 0 saturated carbocycles. The highest BCUT2D eigenvalue weighted by molar-refractivity contribution is 6.06. The van der Waals surface area contributed by atoms with Gasteiger partial charge in [-0.2, -0.15) is 4.57 Å². The van der Waals surface area contributed by atoms with E-state index in [1.54, 1.807) is 0 Å². The summed E-state index contributed by atoms with van der Waals surface area (Å²) in [5.41, 5.74) is 6.33. The van der Waals surface area contributed by atoms with E-state index in [1.807, 2.05) is 0 Å². The van der Waals surface area contributed by atoms with Gasteiger partial charge < -0.3 is 9.30 Å². The van der Waals surface area contributed by atoms with Crippen LogP contribution in [0.3, 0.4) is 0 Å². The molecule has 0 spiro atoms. The Morgan fingerprint density at radius 2 is 1.96 bits per heavy atom. The van der Waals surface area contributed by atoms with Crippen molar-refractivity contribution in [1.29, 1.82) is 0 Å². The van der Waals surface area contributed by atoms with Crippen LogP contribution in [-0.2, 0) is 20.5 Å². The van der Waals surface area contributed by atoms with Gasteiger partial charge in [-0.1, -0.05) is 26.0 Å². The molecule has 0 radical (unpaired) electrons. The van der Waals surface area contributed by atoms with Gasteiger partial charge in [0, 0.05) is 24.0 Å². The van der Waals surface area contributed by atoms with Gasteiger partial charge in [-0.3, -0.25) is 0 Å². The average molecular weight is 357 g/mol. The Bertz CT molecular complexity index is 1230. The Balaban J connectivity index is 1.88. The van der Waals surface area contributed by atoms with E-state index >= 15 is 0 Å². The average Bonchev–Trinajstić information content (AvgIpc) is 2.93. The van der Waals surface area contributed by atoms with Crippen LogP contribution in [0.25, 0.3) is 32.9 Å². The van der Waals surface area contributed by atoms with Gasteiger partial charge in [0.1, 0.15) is 7.05 Å². The van der Waals surface area contributed by atoms with Gasteiger partial charge in [0.05, 0.1) is 16.5 Å². The maximum absolute atomic E-state index is 6.54. The lowest BCUT2D eigenvalue weighted by molar-refractivity contribution is -0.659. The third-order valence-electron chi connectivity index (χ3n) is 5.68. The van der Waals surface area contributed by atoms with Crippen molar-refractivity contribution in [1.82, 2.24) is 4.57 Å². The number of fused-ring (bicyclic) bond motifs is 4. The van der Waals surface area contributed by atoms with Crippen LogP contribution in [0.5, 0.6) is 11.5 Å². The van der Waals surface area contributed by atoms with Crippen LogP contribution in [0.15, 0.2) is 42.7 Å². The highest BCUT2D eigenvalue weighted by atomic mass is 16.5. The van der Waals surface area contributed by atoms with E-state index in [9.17, 15) is 0 Å². The van der Waals surface area contributed by atoms with E-state index in [0.29, 0.717) is 5.92 Å². The van der Waals surface area contributed by atoms with Crippen molar-refractivity contribution >= 4 is 21.7 Å². The summed E-state index contributed by atoms with van der Waals surface area (Å²) in [6.07, 6.45) is 5.41. The number of benzene rings is 2. The molecule has 0 fully saturated rings. The van der Waals surface area contributed by atoms with Crippen molar-refractivity contribution in [2.24, 2.45) is 20.0 Å². The van der Waals surface area contributed by atoms with Crippen molar-refractivity contribution in [3.63, 3.8) is 0 Å². The Labute approximate surface area is 159 Å². The number of aromatic nitrogens is 2. The zero-order valence-corrected chi connectivity index (χ0v) is 16.6. The summed E-state index contributed by atoms with van der Waals surface area (Å²) in [4.78, 5) is 0. The summed E-state index contributed by atoms with van der Waals surface area (Å²) < 4.78 is 10.9. The van der Waals surface area contributed by atoms with Crippen LogP contribution >= 0.6 is 0 Å². The molecule has 0 bridgehead atoms. The number of ether oxygens (including phenoxy) is 1. The van der Waals surface area contributed by atoms with Crippen molar-refractivity contribution in [2.45, 2.75) is 27.2 Å². The molecule has 3 heterocycles. The molecule has 0 atom stereocenters. The van der Waals surface area contributed by atoms with E-state index in [2.05, 4.69) is 86.7 Å². The van der Waals surface area contributed by atoms with E-state index < -0.39 is 0 Å². The second-order valence-corrected chi connectivity index (χ2v) is 8.30. The first kappa shape index (κ1) is 16.4. The fourth-order valence-corrected chi connectivity index (χ4v) is 4.51. The quantitative estimate of drug-likeness (QED) is 0.385. The van der Waals surface area contributed by atoms with E-state index in [0.717, 1.165) is 17.9 Å². The SMILES string of the molecule is Cc1ccc2c3c(cn2C)Oc2c([n+](C)cc4ccc(CC(C)C)cc24)-c13. The summed E-state index contributed by atoms with van der Waals surface area (Å²) in [5, 5.41) is 3.64. The standard InChI is InChI=1S/C24H25N2O/c1-14(2)10-16-7-8-17-12-26(5)23-21-15(3)6-9-19-22(21)20(13-25(19)4)27-24(23)18(17)11-16/h6-9,11-14H,10H2,1-5H3/q+1. The fraction of sp³-hybridized carbons (Fsp3) is 0.292. The molecule has 0 saturated heterocycles. The third-order valence-corrected chi connectivity index (χ3v) is 5.68. The maximum atomic E-state index is 6.54. The Morgan fingerprint density at radius 1 is 1.15 bits per heavy atom. The predicted octanol–water partition coefficient (Wildman–Crippen LogP) is 5.44. The van der Waals surface area contributed by atoms with Crippen LogP contribution in [0, 0.1) is 12.8 Å². The molecule has 3 nitrogen and oxygen atoms in total. The summed E-state index contributed by atoms with van der Waals surface area (Å²) in [6, 6.07) is 11.2. The first-order chi connectivity index (χ1) is 12.9. The second-order valence-electron chi connectivity index (χ2n) is 8.30. The summed E-state index contributed by atoms with van der Waals surface area (Å²) >= 11 is 0. The Morgan fingerprint density at radius 3 is 2.74 bits per heavy atom. The molecule has 3 heteroatoms. The number of pyridine rings is 1. The van der Waals surface area contributed by atoms with Crippen molar-refractivity contribution in [3.05, 3.63) is 53.9 Å². The van der Waals surface area contributed by atoms with Crippen molar-refractivity contribution in [2.75, 3.05) is 0 Å². The highest BCUT2D eigenvalue weighted by Crippen LogP contribution is 2.49. The van der Waals surface area contributed by atoms with E-state index in [1.165, 1.54) is 44.1 Å². The van der Waals surface area contributed by atoms with Crippen molar-refractivity contribution < 1.29 is 9.30 Å². The van der Waals surface area contributed by atoms with Gasteiger partial charge in [0.15, 0.2) is 11.9 Å². The van der Waals surface area contributed by atoms with Gasteiger partial charge in [0.25, 0.3) is 5.69 Å². The number of hydrogen-bond donors (Lipinski definition) is 0. The largest absolute Gasteiger partial charge is 0.447 e. The summed E-state index contributed by atoms with van der Waals surface area (Å²) in [7, 11) is 4.21. The molecule has 1 aliphatic heterocycles. The van der Waals surface area contributed by atoms with Gasteiger partial charge in [-0.15, -0.1) is 0 Å². The van der Waals surface area contributed by atoms with Crippen LogP contribution < -0.4 is 9.30 Å². The summed E-state index contributed by atoms with van der Waals surface area (Å²) in [5.74, 6) is 2.58. The molecule has 136 valence electrons. The van der Waals surface area contributed by atoms with Gasteiger partial charge in [-0.05, 0) is 48.6 Å². The Kier molecular flexibility index (Phi) is 3.39. The normalized spacial score (nSPS) is 12.7. The monoisotopic (exact) mass is 357 g/mol. The first-order valence-corrected chi connectivity index (χ1v) is 9.66. The lowest BCUT2D eigenvalue weighted by Crippen LogP contribution is -2.32. The molecule has 4 aromatic rings. The lowest BCUT2D eigenvalue weighted by atomic mass is 9.94. The fourth-order valence-electron chi connectivity index (χ4n) is 4.51. The molecule has 0 unspecified atom stereocenters. The minimum atomic E-state index is 0.635. The van der Waals surface area contributed by atoms with E-state index in [4.69, 9.17) is 4.74 Å². The number of aryl methyl sites for hydroxylation is 3. The third kappa shape index (κ3) is 2.31. The van der Waals surface area contributed by atoms with Crippen molar-refractivity contribution in [3.8, 4) is 22.8 Å². The smallest absolute Gasteiger partial charge is 0.257 e. The number of nitrogens with zero attached hydrogens (tertiary/aromatic N) is 2. The van der Waals surface area contributed by atoms with Crippen LogP contribution in [0.1, 0.15) is 25.0 Å². The van der Waals surface area contributed by atoms with Gasteiger partial charge in [0.2, 0.25) is 5.75 Å². The molecule has 5 rings (SSSR count). The molecular formula is C24H25N2O+. The Hall–Kier alpha value is -2.81. The minimum Gasteiger partial charge on any atom is -0.447 e. The molecule has 2 aromatic carbocycles. The molecule has 27 heavy (non-hydrogen) atoms. The zero-order valence-electron chi connectivity index (χ0n) is 16.6. The minimum absolute atomic E-state index is 0.635. The summed E-state index contributed by atoms with van der Waals surface area (Å²) in [6.45, 7) is 6.73. The molecule has 2 aromatic heterocycles. The topological polar surface area (TPSA) is 18.0 Å². The lowest BCUT2D eigenvalue weighted by Gasteiger charge is -2.19. The maximum Gasteiger partial charge on any atom is 0.257 e. The van der Waals surface area contributed by atoms with Crippen LogP contribution in [0.2, 0.25) is 0 Å². The molecular weight excluding hydrogens is 332 g/mol. The van der Waals surface area contributed by atoms with Gasteiger partial charge >= 0.3 is 0 Å². The zero-order chi connectivity index (χ0) is 18.9. The van der Waals surface area contributed by atoms with Gasteiger partial charge in [-0.25, -0.2) is 0 Å². The van der Waals surface area contributed by atoms with Crippen LogP contribution in [-0.4, -0.2) is 4.57 Å². The molecule has 0 aliphatic carbocycles. The first-order valence-electron chi connectivity index (χ1n) is 9.66. The molecule has 0 N–H and O–H groups in total. The highest BCUT2D eigenvalue weighted by Gasteiger charge is 2.32.